The van der Waals surface area contributed by atoms with Crippen LogP contribution in [0.15, 0.2) is 12.1 Å². The van der Waals surface area contributed by atoms with Gasteiger partial charge >= 0.3 is 0 Å². The van der Waals surface area contributed by atoms with Crippen LogP contribution in [0.5, 0.6) is 0 Å². The Labute approximate surface area is 113 Å². The van der Waals surface area contributed by atoms with Gasteiger partial charge in [0.25, 0.3) is 11.8 Å². The van der Waals surface area contributed by atoms with Crippen LogP contribution in [-0.4, -0.2) is 29.3 Å². The first-order chi connectivity index (χ1) is 8.84. The molecule has 2 rings (SSSR count). The van der Waals surface area contributed by atoms with Gasteiger partial charge in [-0.3, -0.25) is 14.5 Å². The van der Waals surface area contributed by atoms with Gasteiger partial charge in [0.1, 0.15) is 0 Å². The van der Waals surface area contributed by atoms with Crippen molar-refractivity contribution in [1.29, 1.82) is 0 Å². The van der Waals surface area contributed by atoms with Crippen LogP contribution >= 0.6 is 0 Å². The van der Waals surface area contributed by atoms with E-state index in [1.165, 1.54) is 4.90 Å². The number of aryl methyl sites for hydroxylation is 2. The molecule has 0 saturated heterocycles. The predicted octanol–water partition coefficient (Wildman–Crippen LogP) is 1.88. The molecule has 0 bridgehead atoms. The molecule has 4 heteroatoms. The maximum atomic E-state index is 12.4. The minimum atomic E-state index is -0.211. The number of amides is 2. The second-order valence-electron chi connectivity index (χ2n) is 5.58. The average Bonchev–Trinajstić information content (AvgIpc) is 2.59. The van der Waals surface area contributed by atoms with Gasteiger partial charge in [0.05, 0.1) is 11.1 Å². The number of carbonyl (C=O) groups excluding carboxylic acids is 2. The molecular formula is C15H20N2O2. The normalized spacial score (nSPS) is 16.2. The van der Waals surface area contributed by atoms with Crippen molar-refractivity contribution in [3.63, 3.8) is 0 Å². The summed E-state index contributed by atoms with van der Waals surface area (Å²) in [5, 5.41) is 0. The number of carbonyl (C=O) groups is 2. The van der Waals surface area contributed by atoms with E-state index in [9.17, 15) is 9.59 Å². The zero-order valence-corrected chi connectivity index (χ0v) is 11.9. The number of hydrogen-bond acceptors (Lipinski definition) is 3. The first-order valence-electron chi connectivity index (χ1n) is 6.56. The molecule has 1 aliphatic rings. The van der Waals surface area contributed by atoms with Crippen LogP contribution in [0.1, 0.15) is 45.7 Å². The molecule has 1 aromatic carbocycles. The van der Waals surface area contributed by atoms with Gasteiger partial charge in [-0.15, -0.1) is 0 Å². The fourth-order valence-corrected chi connectivity index (χ4v) is 2.31. The first-order valence-corrected chi connectivity index (χ1v) is 6.56. The van der Waals surface area contributed by atoms with Crippen molar-refractivity contribution in [2.45, 2.75) is 33.7 Å². The van der Waals surface area contributed by atoms with E-state index >= 15 is 0 Å². The molecule has 0 saturated carbocycles. The maximum absolute atomic E-state index is 12.4. The number of fused-ring (bicyclic) bond motifs is 1. The van der Waals surface area contributed by atoms with Gasteiger partial charge in [-0.05, 0) is 30.9 Å². The second-order valence-corrected chi connectivity index (χ2v) is 5.58. The Morgan fingerprint density at radius 2 is 1.47 bits per heavy atom. The standard InChI is InChI=1S/C15H20N2O2/c1-8(2)11(16)7-17-14(18)12-9(3)5-6-10(4)13(12)15(17)19/h5-6,8,11H,7,16H2,1-4H3. The van der Waals surface area contributed by atoms with Gasteiger partial charge in [0.15, 0.2) is 0 Å². The van der Waals surface area contributed by atoms with Crippen LogP contribution in [0.25, 0.3) is 0 Å². The molecule has 1 unspecified atom stereocenters. The van der Waals surface area contributed by atoms with Crippen LogP contribution < -0.4 is 5.73 Å². The topological polar surface area (TPSA) is 63.4 Å². The molecule has 0 aromatic heterocycles. The molecule has 2 amide bonds. The minimum Gasteiger partial charge on any atom is -0.326 e. The van der Waals surface area contributed by atoms with E-state index < -0.39 is 0 Å². The second kappa shape index (κ2) is 4.78. The van der Waals surface area contributed by atoms with Crippen molar-refractivity contribution in [3.8, 4) is 0 Å². The highest BCUT2D eigenvalue weighted by Crippen LogP contribution is 2.28. The van der Waals surface area contributed by atoms with Gasteiger partial charge < -0.3 is 5.73 Å². The molecule has 2 N–H and O–H groups in total. The molecular weight excluding hydrogens is 240 g/mol. The maximum Gasteiger partial charge on any atom is 0.261 e. The fourth-order valence-electron chi connectivity index (χ4n) is 2.31. The minimum absolute atomic E-state index is 0.192. The smallest absolute Gasteiger partial charge is 0.261 e. The van der Waals surface area contributed by atoms with E-state index in [1.807, 2.05) is 39.8 Å². The van der Waals surface area contributed by atoms with Crippen molar-refractivity contribution < 1.29 is 9.59 Å². The van der Waals surface area contributed by atoms with E-state index in [0.29, 0.717) is 11.1 Å². The predicted molar refractivity (Wildman–Crippen MR) is 74.1 cm³/mol. The van der Waals surface area contributed by atoms with E-state index in [0.717, 1.165) is 11.1 Å². The van der Waals surface area contributed by atoms with Crippen molar-refractivity contribution in [2.75, 3.05) is 6.54 Å². The Balaban J connectivity index is 2.40. The van der Waals surface area contributed by atoms with Crippen molar-refractivity contribution >= 4 is 11.8 Å². The van der Waals surface area contributed by atoms with Crippen molar-refractivity contribution in [1.82, 2.24) is 4.90 Å². The lowest BCUT2D eigenvalue weighted by molar-refractivity contribution is 0.0637. The Hall–Kier alpha value is -1.68. The highest BCUT2D eigenvalue weighted by molar-refractivity contribution is 6.22. The van der Waals surface area contributed by atoms with E-state index in [1.54, 1.807) is 0 Å². The lowest BCUT2D eigenvalue weighted by Gasteiger charge is -2.21. The van der Waals surface area contributed by atoms with Crippen LogP contribution in [-0.2, 0) is 0 Å². The third-order valence-corrected chi connectivity index (χ3v) is 3.79. The number of hydrogen-bond donors (Lipinski definition) is 1. The van der Waals surface area contributed by atoms with E-state index in [-0.39, 0.29) is 30.3 Å². The summed E-state index contributed by atoms with van der Waals surface area (Å²) in [7, 11) is 0. The fraction of sp³-hybridized carbons (Fsp3) is 0.467. The van der Waals surface area contributed by atoms with Gasteiger partial charge in [-0.1, -0.05) is 26.0 Å². The van der Waals surface area contributed by atoms with Gasteiger partial charge in [-0.25, -0.2) is 0 Å². The van der Waals surface area contributed by atoms with Crippen LogP contribution in [0, 0.1) is 19.8 Å². The third-order valence-electron chi connectivity index (χ3n) is 3.79. The number of nitrogens with two attached hydrogens (primary N) is 1. The summed E-state index contributed by atoms with van der Waals surface area (Å²) in [5.74, 6) is -0.193. The molecule has 0 spiro atoms. The quantitative estimate of drug-likeness (QED) is 0.844. The van der Waals surface area contributed by atoms with Gasteiger partial charge in [0.2, 0.25) is 0 Å². The summed E-state index contributed by atoms with van der Waals surface area (Å²) < 4.78 is 0. The Bertz CT molecular complexity index is 508. The summed E-state index contributed by atoms with van der Waals surface area (Å²) in [6, 6.07) is 3.57. The molecule has 0 fully saturated rings. The monoisotopic (exact) mass is 260 g/mol. The SMILES string of the molecule is Cc1ccc(C)c2c1C(=O)N(CC(N)C(C)C)C2=O. The van der Waals surface area contributed by atoms with Crippen LogP contribution in [0.2, 0.25) is 0 Å². The summed E-state index contributed by atoms with van der Waals surface area (Å²) in [4.78, 5) is 26.1. The molecule has 0 radical (unpaired) electrons. The average molecular weight is 260 g/mol. The lowest BCUT2D eigenvalue weighted by Crippen LogP contribution is -2.43. The zero-order chi connectivity index (χ0) is 14.3. The molecule has 0 aliphatic carbocycles. The number of benzene rings is 1. The molecule has 1 aromatic rings. The zero-order valence-electron chi connectivity index (χ0n) is 11.9. The molecule has 102 valence electrons. The molecule has 1 heterocycles. The van der Waals surface area contributed by atoms with Crippen LogP contribution in [0.4, 0.5) is 0 Å². The van der Waals surface area contributed by atoms with Crippen LogP contribution in [0.3, 0.4) is 0 Å². The Morgan fingerprint density at radius 1 is 1.05 bits per heavy atom. The lowest BCUT2D eigenvalue weighted by atomic mass is 9.99. The largest absolute Gasteiger partial charge is 0.326 e. The van der Waals surface area contributed by atoms with E-state index in [4.69, 9.17) is 5.73 Å². The van der Waals surface area contributed by atoms with Crippen molar-refractivity contribution in [3.05, 3.63) is 34.4 Å². The summed E-state index contributed by atoms with van der Waals surface area (Å²) >= 11 is 0. The molecule has 19 heavy (non-hydrogen) atoms. The Kier molecular flexibility index (Phi) is 3.45. The highest BCUT2D eigenvalue weighted by Gasteiger charge is 2.38. The molecule has 4 nitrogen and oxygen atoms in total. The van der Waals surface area contributed by atoms with Gasteiger partial charge in [0, 0.05) is 12.6 Å². The number of imide groups is 1. The summed E-state index contributed by atoms with van der Waals surface area (Å²) in [6.45, 7) is 7.96. The summed E-state index contributed by atoms with van der Waals surface area (Å²) in [6.07, 6.45) is 0. The molecule has 1 atom stereocenters. The molecule has 1 aliphatic heterocycles. The van der Waals surface area contributed by atoms with E-state index in [2.05, 4.69) is 0 Å². The summed E-state index contributed by atoms with van der Waals surface area (Å²) in [5.41, 5.74) is 8.76. The number of rotatable bonds is 3. The first kappa shape index (κ1) is 13.7. The number of nitrogens with zero attached hydrogens (tertiary/aromatic N) is 1. The Morgan fingerprint density at radius 3 is 1.84 bits per heavy atom. The highest BCUT2D eigenvalue weighted by atomic mass is 16.2. The van der Waals surface area contributed by atoms with Crippen molar-refractivity contribution in [2.24, 2.45) is 11.7 Å². The third kappa shape index (κ3) is 2.16. The van der Waals surface area contributed by atoms with Gasteiger partial charge in [-0.2, -0.15) is 0 Å².